The van der Waals surface area contributed by atoms with Gasteiger partial charge in [-0.25, -0.2) is 0 Å². The highest BCUT2D eigenvalue weighted by Gasteiger charge is 2.57. The lowest BCUT2D eigenvalue weighted by Gasteiger charge is -2.61. The molecule has 0 spiro atoms. The van der Waals surface area contributed by atoms with E-state index < -0.39 is 0 Å². The topological polar surface area (TPSA) is 26.3 Å². The molecule has 0 radical (unpaired) electrons. The molecule has 3 rings (SSSR count). The van der Waals surface area contributed by atoms with Gasteiger partial charge in [-0.15, -0.1) is 0 Å². The Kier molecular flexibility index (Phi) is 5.92. The van der Waals surface area contributed by atoms with Crippen molar-refractivity contribution >= 4 is 5.97 Å². The van der Waals surface area contributed by atoms with E-state index in [2.05, 4.69) is 13.8 Å². The summed E-state index contributed by atoms with van der Waals surface area (Å²) < 4.78 is 5.36. The second-order valence-corrected chi connectivity index (χ2v) is 7.68. The number of hydrogen-bond donors (Lipinski definition) is 0. The van der Waals surface area contributed by atoms with Gasteiger partial charge in [0.25, 0.3) is 0 Å². The molecule has 2 heteroatoms. The van der Waals surface area contributed by atoms with Crippen LogP contribution in [0, 0.1) is 17.3 Å². The fourth-order valence-corrected chi connectivity index (χ4v) is 3.78. The van der Waals surface area contributed by atoms with Crippen LogP contribution in [0.1, 0.15) is 84.5 Å². The third-order valence-corrected chi connectivity index (χ3v) is 5.12. The van der Waals surface area contributed by atoms with E-state index in [0.29, 0.717) is 18.4 Å². The lowest BCUT2D eigenvalue weighted by molar-refractivity contribution is -0.164. The van der Waals surface area contributed by atoms with Gasteiger partial charge in [0, 0.05) is 0 Å². The first-order chi connectivity index (χ1) is 9.60. The minimum Gasteiger partial charge on any atom is -0.466 e. The van der Waals surface area contributed by atoms with Crippen molar-refractivity contribution in [3.8, 4) is 0 Å². The molecule has 0 atom stereocenters. The van der Waals surface area contributed by atoms with Gasteiger partial charge in [-0.05, 0) is 42.9 Å². The van der Waals surface area contributed by atoms with Crippen LogP contribution in [0.25, 0.3) is 0 Å². The van der Waals surface area contributed by atoms with Crippen LogP contribution in [-0.4, -0.2) is 12.6 Å². The molecule has 0 aromatic rings. The van der Waals surface area contributed by atoms with Crippen molar-refractivity contribution in [2.45, 2.75) is 84.5 Å². The molecular weight excluding hydrogens is 248 g/mol. The predicted molar refractivity (Wildman–Crippen MR) is 82.5 cm³/mol. The zero-order valence-electron chi connectivity index (χ0n) is 13.5. The maximum absolute atomic E-state index is 11.7. The van der Waals surface area contributed by atoms with Crippen molar-refractivity contribution in [2.24, 2.45) is 17.3 Å². The van der Waals surface area contributed by atoms with E-state index in [1.54, 1.807) is 0 Å². The third kappa shape index (κ3) is 4.79. The lowest BCUT2D eigenvalue weighted by Crippen LogP contribution is -2.52. The van der Waals surface area contributed by atoms with Gasteiger partial charge < -0.3 is 4.74 Å². The summed E-state index contributed by atoms with van der Waals surface area (Å²) in [5, 5.41) is 0. The van der Waals surface area contributed by atoms with Crippen molar-refractivity contribution in [1.82, 2.24) is 0 Å². The molecule has 3 fully saturated rings. The molecule has 3 aliphatic carbocycles. The average molecular weight is 280 g/mol. The zero-order valence-corrected chi connectivity index (χ0v) is 13.5. The summed E-state index contributed by atoms with van der Waals surface area (Å²) in [7, 11) is 0. The summed E-state index contributed by atoms with van der Waals surface area (Å²) in [5.41, 5.74) is 0.401. The first kappa shape index (κ1) is 15.9. The van der Waals surface area contributed by atoms with Gasteiger partial charge in [-0.1, -0.05) is 52.4 Å². The van der Waals surface area contributed by atoms with Gasteiger partial charge in [0.15, 0.2) is 0 Å². The van der Waals surface area contributed by atoms with E-state index in [-0.39, 0.29) is 5.97 Å². The van der Waals surface area contributed by atoms with Crippen LogP contribution in [0.3, 0.4) is 0 Å². The molecule has 0 saturated heterocycles. The molecule has 0 aliphatic heterocycles. The summed E-state index contributed by atoms with van der Waals surface area (Å²) in [6.07, 6.45) is 13.5. The van der Waals surface area contributed by atoms with Gasteiger partial charge in [-0.3, -0.25) is 4.79 Å². The second kappa shape index (κ2) is 7.47. The fourth-order valence-electron chi connectivity index (χ4n) is 3.78. The Hall–Kier alpha value is -0.530. The van der Waals surface area contributed by atoms with Crippen LogP contribution in [0.4, 0.5) is 0 Å². The van der Waals surface area contributed by atoms with Crippen LogP contribution >= 0.6 is 0 Å². The first-order valence-electron chi connectivity index (χ1n) is 8.75. The molecule has 3 aliphatic rings. The number of esters is 1. The predicted octanol–water partition coefficient (Wildman–Crippen LogP) is 5.11. The van der Waals surface area contributed by atoms with E-state index in [1.165, 1.54) is 57.8 Å². The van der Waals surface area contributed by atoms with E-state index in [0.717, 1.165) is 18.3 Å². The highest BCUT2D eigenvalue weighted by molar-refractivity contribution is 5.70. The molecule has 0 aromatic carbocycles. The van der Waals surface area contributed by atoms with Crippen LogP contribution in [0.5, 0.6) is 0 Å². The Labute approximate surface area is 124 Å². The fraction of sp³-hybridized carbons (Fsp3) is 0.944. The monoisotopic (exact) mass is 280 g/mol. The SMILES string of the molecule is CC(C)CCCCCCCCOC(=O)CC12CC(C1)C2. The van der Waals surface area contributed by atoms with E-state index >= 15 is 0 Å². The molecule has 2 bridgehead atoms. The number of ether oxygens (including phenoxy) is 1. The number of carbonyl (C=O) groups is 1. The maximum Gasteiger partial charge on any atom is 0.306 e. The number of carbonyl (C=O) groups excluding carboxylic acids is 1. The highest BCUT2D eigenvalue weighted by Crippen LogP contribution is 2.66. The molecule has 0 aromatic heterocycles. The molecule has 0 amide bonds. The molecule has 2 nitrogen and oxygen atoms in total. The van der Waals surface area contributed by atoms with Crippen LogP contribution < -0.4 is 0 Å². The van der Waals surface area contributed by atoms with Crippen molar-refractivity contribution in [3.63, 3.8) is 0 Å². The Morgan fingerprint density at radius 3 is 2.20 bits per heavy atom. The zero-order chi connectivity index (χ0) is 14.4. The van der Waals surface area contributed by atoms with Gasteiger partial charge in [-0.2, -0.15) is 0 Å². The van der Waals surface area contributed by atoms with E-state index in [9.17, 15) is 4.79 Å². The maximum atomic E-state index is 11.7. The van der Waals surface area contributed by atoms with Crippen molar-refractivity contribution in [3.05, 3.63) is 0 Å². The number of unbranched alkanes of at least 4 members (excludes halogenated alkanes) is 5. The van der Waals surface area contributed by atoms with Crippen molar-refractivity contribution in [1.29, 1.82) is 0 Å². The van der Waals surface area contributed by atoms with E-state index in [4.69, 9.17) is 4.74 Å². The van der Waals surface area contributed by atoms with Gasteiger partial charge in [0.2, 0.25) is 0 Å². The normalized spacial score (nSPS) is 27.1. The molecule has 20 heavy (non-hydrogen) atoms. The van der Waals surface area contributed by atoms with Gasteiger partial charge >= 0.3 is 5.97 Å². The molecule has 116 valence electrons. The molecule has 3 saturated carbocycles. The Balaban J connectivity index is 1.34. The third-order valence-electron chi connectivity index (χ3n) is 5.12. The Morgan fingerprint density at radius 1 is 1.05 bits per heavy atom. The number of hydrogen-bond acceptors (Lipinski definition) is 2. The minimum absolute atomic E-state index is 0.0556. The summed E-state index contributed by atoms with van der Waals surface area (Å²) >= 11 is 0. The van der Waals surface area contributed by atoms with Gasteiger partial charge in [0.1, 0.15) is 0 Å². The molecule has 0 heterocycles. The van der Waals surface area contributed by atoms with Crippen LogP contribution in [0.15, 0.2) is 0 Å². The summed E-state index contributed by atoms with van der Waals surface area (Å²) in [6, 6.07) is 0. The van der Waals surface area contributed by atoms with Crippen LogP contribution in [0.2, 0.25) is 0 Å². The molecular formula is C18H32O2. The van der Waals surface area contributed by atoms with Crippen LogP contribution in [-0.2, 0) is 9.53 Å². The lowest BCUT2D eigenvalue weighted by atomic mass is 9.43. The standard InChI is InChI=1S/C18H32O2/c1-15(2)9-7-5-3-4-6-8-10-20-17(19)14-18-11-16(12-18)13-18/h15-16H,3-14H2,1-2H3. The Morgan fingerprint density at radius 2 is 1.65 bits per heavy atom. The van der Waals surface area contributed by atoms with Gasteiger partial charge in [0.05, 0.1) is 13.0 Å². The summed E-state index contributed by atoms with van der Waals surface area (Å²) in [5.74, 6) is 1.86. The van der Waals surface area contributed by atoms with E-state index in [1.807, 2.05) is 0 Å². The Bertz CT molecular complexity index is 292. The molecule has 0 unspecified atom stereocenters. The minimum atomic E-state index is 0.0556. The smallest absolute Gasteiger partial charge is 0.306 e. The quantitative estimate of drug-likeness (QED) is 0.388. The van der Waals surface area contributed by atoms with Crippen molar-refractivity contribution < 1.29 is 9.53 Å². The number of rotatable bonds is 11. The second-order valence-electron chi connectivity index (χ2n) is 7.68. The molecule has 0 N–H and O–H groups in total. The first-order valence-corrected chi connectivity index (χ1v) is 8.75. The highest BCUT2D eigenvalue weighted by atomic mass is 16.5. The average Bonchev–Trinajstić information content (AvgIpc) is 2.30. The summed E-state index contributed by atoms with van der Waals surface area (Å²) in [6.45, 7) is 5.23. The largest absolute Gasteiger partial charge is 0.466 e. The van der Waals surface area contributed by atoms with Crippen molar-refractivity contribution in [2.75, 3.05) is 6.61 Å². The summed E-state index contributed by atoms with van der Waals surface area (Å²) in [4.78, 5) is 11.7.